The van der Waals surface area contributed by atoms with E-state index in [-0.39, 0.29) is 0 Å². The summed E-state index contributed by atoms with van der Waals surface area (Å²) in [6, 6.07) is 0. The quantitative estimate of drug-likeness (QED) is 0.507. The van der Waals surface area contributed by atoms with Gasteiger partial charge in [-0.05, 0) is 9.65 Å². The largest absolute Gasteiger partial charge is 0.471 e. The Hall–Kier alpha value is -1.78. The molecule has 0 aromatic carbocycles. The number of alkyl halides is 1. The van der Waals surface area contributed by atoms with Gasteiger partial charge < -0.3 is 29.9 Å². The average molecular weight is 262 g/mol. The van der Waals surface area contributed by atoms with Crippen LogP contribution in [0, 0.1) is 10.1 Å². The van der Waals surface area contributed by atoms with Crippen LogP contribution in [-0.2, 0) is 4.74 Å². The Bertz CT molecular complexity index is 440. The Morgan fingerprint density at radius 2 is 2.33 bits per heavy atom. The van der Waals surface area contributed by atoms with Crippen LogP contribution in [0.15, 0.2) is 12.4 Å². The zero-order chi connectivity index (χ0) is 13.3. The molecule has 1 aliphatic rings. The number of halogens is 1. The SMILES string of the molecule is O=[N+]([O-])c1nccn1O[C@H]1O[C@H](C[18F])[C@@H](O)[C@@H]1O. The number of ether oxygens (including phenoxy) is 1. The normalized spacial score (nSPS) is 31.5. The van der Waals surface area contributed by atoms with Crippen molar-refractivity contribution < 1.29 is 29.1 Å². The first kappa shape index (κ1) is 12.7. The molecule has 2 rings (SSSR count). The second-order valence-electron chi connectivity index (χ2n) is 3.59. The molecule has 1 saturated heterocycles. The third kappa shape index (κ3) is 2.12. The molecular weight excluding hydrogens is 252 g/mol. The van der Waals surface area contributed by atoms with Crippen LogP contribution in [0.1, 0.15) is 0 Å². The summed E-state index contributed by atoms with van der Waals surface area (Å²) in [7, 11) is 0. The monoisotopic (exact) mass is 262 g/mol. The molecule has 0 unspecified atom stereocenters. The first-order valence-corrected chi connectivity index (χ1v) is 4.97. The zero-order valence-corrected chi connectivity index (χ0v) is 8.92. The maximum absolute atomic E-state index is 12.4. The van der Waals surface area contributed by atoms with Gasteiger partial charge in [0.25, 0.3) is 6.29 Å². The van der Waals surface area contributed by atoms with Crippen LogP contribution in [0.2, 0.25) is 0 Å². The number of aromatic nitrogens is 2. The molecule has 0 spiro atoms. The molecule has 0 radical (unpaired) electrons. The molecule has 4 atom stereocenters. The molecule has 0 saturated carbocycles. The van der Waals surface area contributed by atoms with Gasteiger partial charge in [0.15, 0.2) is 0 Å². The molecule has 0 aliphatic carbocycles. The lowest BCUT2D eigenvalue weighted by Gasteiger charge is -2.13. The fourth-order valence-electron chi connectivity index (χ4n) is 1.53. The van der Waals surface area contributed by atoms with E-state index < -0.39 is 42.1 Å². The van der Waals surface area contributed by atoms with E-state index in [1.165, 1.54) is 0 Å². The number of aliphatic hydroxyl groups excluding tert-OH is 2. The Morgan fingerprint density at radius 3 is 2.89 bits per heavy atom. The van der Waals surface area contributed by atoms with Crippen LogP contribution in [0.4, 0.5) is 10.3 Å². The van der Waals surface area contributed by atoms with Crippen molar-refractivity contribution in [2.75, 3.05) is 6.67 Å². The highest BCUT2D eigenvalue weighted by molar-refractivity contribution is 5.04. The molecule has 100 valence electrons. The lowest BCUT2D eigenvalue weighted by atomic mass is 10.1. The molecule has 1 fully saturated rings. The topological polar surface area (TPSA) is 120 Å². The predicted molar refractivity (Wildman–Crippen MR) is 52.1 cm³/mol. The molecule has 1 aromatic heterocycles. The van der Waals surface area contributed by atoms with Gasteiger partial charge in [-0.15, -0.1) is 0 Å². The van der Waals surface area contributed by atoms with E-state index in [9.17, 15) is 24.7 Å². The first-order valence-electron chi connectivity index (χ1n) is 4.97. The average Bonchev–Trinajstić information content (AvgIpc) is 2.89. The molecular formula is C8H10FN3O6. The van der Waals surface area contributed by atoms with Gasteiger partial charge in [-0.25, -0.2) is 4.39 Å². The molecule has 9 nitrogen and oxygen atoms in total. The molecule has 1 aromatic rings. The van der Waals surface area contributed by atoms with Crippen molar-refractivity contribution in [3.8, 4) is 0 Å². The number of rotatable bonds is 4. The van der Waals surface area contributed by atoms with Crippen molar-refractivity contribution >= 4 is 5.95 Å². The van der Waals surface area contributed by atoms with Crippen molar-refractivity contribution in [3.05, 3.63) is 22.5 Å². The number of nitrogens with zero attached hydrogens (tertiary/aromatic N) is 3. The van der Waals surface area contributed by atoms with Crippen LogP contribution in [0.25, 0.3) is 0 Å². The highest BCUT2D eigenvalue weighted by atomic mass is 18.2. The molecule has 10 heteroatoms. The molecule has 18 heavy (non-hydrogen) atoms. The summed E-state index contributed by atoms with van der Waals surface area (Å²) in [6.45, 7) is -1.01. The van der Waals surface area contributed by atoms with Gasteiger partial charge in [0.2, 0.25) is 0 Å². The van der Waals surface area contributed by atoms with E-state index in [0.29, 0.717) is 4.73 Å². The lowest BCUT2D eigenvalue weighted by molar-refractivity contribution is -0.404. The van der Waals surface area contributed by atoms with Crippen molar-refractivity contribution in [1.29, 1.82) is 0 Å². The minimum Gasteiger partial charge on any atom is -0.390 e. The third-order valence-electron chi connectivity index (χ3n) is 2.44. The minimum atomic E-state index is -1.51. The van der Waals surface area contributed by atoms with Gasteiger partial charge in [0.1, 0.15) is 37.4 Å². The smallest absolute Gasteiger partial charge is 0.390 e. The number of nitro groups is 1. The molecule has 0 bridgehead atoms. The van der Waals surface area contributed by atoms with E-state index in [1.54, 1.807) is 0 Å². The minimum absolute atomic E-state index is 0.621. The number of hydrogen-bond donors (Lipinski definition) is 2. The molecule has 2 heterocycles. The summed E-state index contributed by atoms with van der Waals surface area (Å²) in [5, 5.41) is 29.5. The fourth-order valence-corrected chi connectivity index (χ4v) is 1.53. The van der Waals surface area contributed by atoms with E-state index in [0.717, 1.165) is 12.4 Å². The van der Waals surface area contributed by atoms with Gasteiger partial charge in [-0.3, -0.25) is 0 Å². The van der Waals surface area contributed by atoms with Crippen molar-refractivity contribution in [2.45, 2.75) is 24.6 Å². The second-order valence-corrected chi connectivity index (χ2v) is 3.59. The van der Waals surface area contributed by atoms with Crippen molar-refractivity contribution in [1.82, 2.24) is 9.71 Å². The Balaban J connectivity index is 2.10. The van der Waals surface area contributed by atoms with Crippen LogP contribution in [0.5, 0.6) is 0 Å². The standard InChI is InChI=1S/C8H10FN3O6/c9-3-4-5(13)6(14)7(17-4)18-11-2-1-10-8(11)12(15)16/h1-2,4-7,13-14H,3H2/t4-,5-,6+,7-/m1/s1/i9-1. The van der Waals surface area contributed by atoms with Crippen LogP contribution in [-0.4, -0.2) is 56.1 Å². The Labute approximate surface area is 99.5 Å². The summed E-state index contributed by atoms with van der Waals surface area (Å²) in [5.74, 6) is -0.621. The van der Waals surface area contributed by atoms with E-state index >= 15 is 0 Å². The summed E-state index contributed by atoms with van der Waals surface area (Å²) >= 11 is 0. The maximum Gasteiger partial charge on any atom is 0.471 e. The Morgan fingerprint density at radius 1 is 1.61 bits per heavy atom. The summed E-state index contributed by atoms with van der Waals surface area (Å²) in [4.78, 5) is 18.1. The highest BCUT2D eigenvalue weighted by Gasteiger charge is 2.46. The zero-order valence-electron chi connectivity index (χ0n) is 8.92. The predicted octanol–water partition coefficient (Wildman–Crippen LogP) is -1.36. The molecule has 2 N–H and O–H groups in total. The fraction of sp³-hybridized carbons (Fsp3) is 0.625. The van der Waals surface area contributed by atoms with Crippen LogP contribution >= 0.6 is 0 Å². The van der Waals surface area contributed by atoms with Crippen LogP contribution in [0.3, 0.4) is 0 Å². The number of aliphatic hydroxyl groups is 2. The van der Waals surface area contributed by atoms with Gasteiger partial charge in [-0.1, -0.05) is 4.98 Å². The first-order chi connectivity index (χ1) is 8.54. The number of hydrogen-bond acceptors (Lipinski definition) is 7. The highest BCUT2D eigenvalue weighted by Crippen LogP contribution is 2.22. The molecule has 0 amide bonds. The maximum atomic E-state index is 12.4. The van der Waals surface area contributed by atoms with Gasteiger partial charge >= 0.3 is 5.95 Å². The third-order valence-corrected chi connectivity index (χ3v) is 2.44. The van der Waals surface area contributed by atoms with E-state index in [4.69, 9.17) is 9.57 Å². The molecule has 1 aliphatic heterocycles. The van der Waals surface area contributed by atoms with Crippen LogP contribution < -0.4 is 4.84 Å². The Kier molecular flexibility index (Phi) is 3.41. The van der Waals surface area contributed by atoms with E-state index in [1.807, 2.05) is 0 Å². The van der Waals surface area contributed by atoms with E-state index in [2.05, 4.69) is 4.98 Å². The lowest BCUT2D eigenvalue weighted by Crippen LogP contribution is -2.38. The summed E-state index contributed by atoms with van der Waals surface area (Å²) in [5.41, 5.74) is 0. The summed E-state index contributed by atoms with van der Waals surface area (Å²) < 4.78 is 17.9. The van der Waals surface area contributed by atoms with Gasteiger partial charge in [-0.2, -0.15) is 0 Å². The summed E-state index contributed by atoms with van der Waals surface area (Å²) in [6.07, 6.45) is -3.36. The number of imidazole rings is 1. The van der Waals surface area contributed by atoms with Crippen molar-refractivity contribution in [2.24, 2.45) is 0 Å². The van der Waals surface area contributed by atoms with Gasteiger partial charge in [0, 0.05) is 0 Å². The second kappa shape index (κ2) is 4.84. The van der Waals surface area contributed by atoms with Gasteiger partial charge in [0.05, 0.1) is 0 Å². The van der Waals surface area contributed by atoms with Crippen molar-refractivity contribution in [3.63, 3.8) is 0 Å².